The van der Waals surface area contributed by atoms with Crippen LogP contribution in [-0.4, -0.2) is 37.2 Å². The third kappa shape index (κ3) is 3.04. The van der Waals surface area contributed by atoms with E-state index < -0.39 is 0 Å². The Balaban J connectivity index is 2.05. The fraction of sp³-hybridized carbons (Fsp3) is 0.350. The highest BCUT2D eigenvalue weighted by Crippen LogP contribution is 2.39. The van der Waals surface area contributed by atoms with Gasteiger partial charge in [0.25, 0.3) is 0 Å². The molecule has 2 amide bonds. The maximum atomic E-state index is 13.0. The molecule has 2 aromatic rings. The maximum Gasteiger partial charge on any atom is 0.325 e. The molecule has 1 fully saturated rings. The molecule has 0 saturated carbocycles. The molecule has 2 heterocycles. The summed E-state index contributed by atoms with van der Waals surface area (Å²) in [6.45, 7) is 8.66. The fourth-order valence-corrected chi connectivity index (χ4v) is 4.31. The molecule has 0 radical (unpaired) electrons. The van der Waals surface area contributed by atoms with Gasteiger partial charge in [0.05, 0.1) is 19.2 Å². The number of thiophene rings is 1. The zero-order valence-corrected chi connectivity index (χ0v) is 15.9. The number of likely N-dealkylation sites (N-methyl/N-ethyl adjacent to an activating group) is 1. The van der Waals surface area contributed by atoms with Crippen LogP contribution in [0.1, 0.15) is 18.7 Å². The number of urea groups is 1. The molecule has 0 unspecified atom stereocenters. The molecule has 5 heteroatoms. The van der Waals surface area contributed by atoms with E-state index in [0.29, 0.717) is 5.92 Å². The number of nitrogens with zero attached hydrogens (tertiary/aromatic N) is 2. The summed E-state index contributed by atoms with van der Waals surface area (Å²) in [5.74, 6) is 1.09. The van der Waals surface area contributed by atoms with Crippen molar-refractivity contribution in [2.75, 3.05) is 19.1 Å². The van der Waals surface area contributed by atoms with Gasteiger partial charge in [0.2, 0.25) is 0 Å². The Morgan fingerprint density at radius 3 is 2.44 bits per heavy atom. The van der Waals surface area contributed by atoms with Crippen LogP contribution in [0.25, 0.3) is 5.57 Å². The number of anilines is 1. The quantitative estimate of drug-likeness (QED) is 0.775. The lowest BCUT2D eigenvalue weighted by Crippen LogP contribution is -2.40. The van der Waals surface area contributed by atoms with Gasteiger partial charge < -0.3 is 9.64 Å². The van der Waals surface area contributed by atoms with Gasteiger partial charge >= 0.3 is 6.03 Å². The third-order valence-corrected chi connectivity index (χ3v) is 5.73. The number of carbonyl (C=O) groups is 1. The number of methoxy groups -OCH3 is 1. The average Bonchev–Trinajstić information content (AvgIpc) is 3.22. The van der Waals surface area contributed by atoms with Crippen molar-refractivity contribution in [2.45, 2.75) is 25.9 Å². The molecule has 0 aliphatic carbocycles. The van der Waals surface area contributed by atoms with E-state index in [1.54, 1.807) is 18.4 Å². The molecule has 0 spiro atoms. The number of hydrogen-bond acceptors (Lipinski definition) is 3. The van der Waals surface area contributed by atoms with Crippen LogP contribution >= 0.6 is 11.3 Å². The standard InChI is InChI=1S/C20H24N2O2S/c1-13(2)18-19(14(3)17-7-6-12-25-17)22(20(23)21(18)4)15-8-10-16(24-5)11-9-15/h6-13,18-19H,3H2,1-2,4-5H3/t18-,19-/m0/s1. The van der Waals surface area contributed by atoms with Gasteiger partial charge in [0.15, 0.2) is 0 Å². The minimum atomic E-state index is -0.0930. The molecule has 4 nitrogen and oxygen atoms in total. The van der Waals surface area contributed by atoms with Gasteiger partial charge in [0, 0.05) is 17.6 Å². The van der Waals surface area contributed by atoms with Gasteiger partial charge in [-0.1, -0.05) is 26.5 Å². The van der Waals surface area contributed by atoms with Gasteiger partial charge in [-0.3, -0.25) is 4.90 Å². The number of ether oxygens (including phenoxy) is 1. The molecule has 25 heavy (non-hydrogen) atoms. The Kier molecular flexibility index (Phi) is 4.86. The van der Waals surface area contributed by atoms with E-state index in [0.717, 1.165) is 21.9 Å². The van der Waals surface area contributed by atoms with E-state index in [2.05, 4.69) is 26.5 Å². The summed E-state index contributed by atoms with van der Waals surface area (Å²) in [6, 6.07) is 11.7. The Morgan fingerprint density at radius 1 is 1.24 bits per heavy atom. The lowest BCUT2D eigenvalue weighted by Gasteiger charge is -2.31. The van der Waals surface area contributed by atoms with Crippen LogP contribution in [0.2, 0.25) is 0 Å². The molecular weight excluding hydrogens is 332 g/mol. The van der Waals surface area contributed by atoms with Crippen LogP contribution in [-0.2, 0) is 0 Å². The highest BCUT2D eigenvalue weighted by Gasteiger charge is 2.47. The van der Waals surface area contributed by atoms with Gasteiger partial charge in [0.1, 0.15) is 5.75 Å². The van der Waals surface area contributed by atoms with Crippen LogP contribution in [0.3, 0.4) is 0 Å². The predicted molar refractivity (Wildman–Crippen MR) is 104 cm³/mol. The first kappa shape index (κ1) is 17.5. The van der Waals surface area contributed by atoms with E-state index in [1.807, 2.05) is 52.6 Å². The predicted octanol–water partition coefficient (Wildman–Crippen LogP) is 4.74. The molecule has 3 rings (SSSR count). The molecule has 1 saturated heterocycles. The molecule has 1 aromatic heterocycles. The second-order valence-electron chi connectivity index (χ2n) is 6.64. The van der Waals surface area contributed by atoms with Crippen molar-refractivity contribution >= 4 is 28.6 Å². The van der Waals surface area contributed by atoms with Gasteiger partial charge in [-0.15, -0.1) is 11.3 Å². The fourth-order valence-electron chi connectivity index (χ4n) is 3.58. The van der Waals surface area contributed by atoms with E-state index >= 15 is 0 Å². The van der Waals surface area contributed by atoms with E-state index in [4.69, 9.17) is 4.74 Å². The number of rotatable bonds is 5. The number of hydrogen-bond donors (Lipinski definition) is 0. The number of amides is 2. The van der Waals surface area contributed by atoms with Crippen molar-refractivity contribution in [3.8, 4) is 5.75 Å². The molecule has 0 bridgehead atoms. The van der Waals surface area contributed by atoms with E-state index in [1.165, 1.54) is 0 Å². The third-order valence-electron chi connectivity index (χ3n) is 4.79. The van der Waals surface area contributed by atoms with Gasteiger partial charge in [-0.05, 0) is 47.2 Å². The van der Waals surface area contributed by atoms with E-state index in [9.17, 15) is 4.79 Å². The van der Waals surface area contributed by atoms with Crippen molar-refractivity contribution in [1.29, 1.82) is 0 Å². The monoisotopic (exact) mass is 356 g/mol. The second kappa shape index (κ2) is 6.92. The first-order valence-corrected chi connectivity index (χ1v) is 9.26. The summed E-state index contributed by atoms with van der Waals surface area (Å²) in [5, 5.41) is 2.04. The summed E-state index contributed by atoms with van der Waals surface area (Å²) in [4.78, 5) is 17.9. The molecule has 0 N–H and O–H groups in total. The van der Waals surface area contributed by atoms with Crippen LogP contribution in [0.4, 0.5) is 10.5 Å². The van der Waals surface area contributed by atoms with Crippen molar-refractivity contribution in [1.82, 2.24) is 4.90 Å². The van der Waals surface area contributed by atoms with Gasteiger partial charge in [-0.2, -0.15) is 0 Å². The highest BCUT2D eigenvalue weighted by atomic mass is 32.1. The summed E-state index contributed by atoms with van der Waals surface area (Å²) < 4.78 is 5.24. The number of benzene rings is 1. The zero-order chi connectivity index (χ0) is 18.1. The minimum absolute atomic E-state index is 0.00609. The molecule has 1 aromatic carbocycles. The van der Waals surface area contributed by atoms with Crippen molar-refractivity contribution in [3.63, 3.8) is 0 Å². The Hall–Kier alpha value is -2.27. The van der Waals surface area contributed by atoms with Crippen molar-refractivity contribution < 1.29 is 9.53 Å². The van der Waals surface area contributed by atoms with Crippen LogP contribution in [0.15, 0.2) is 48.4 Å². The molecule has 2 atom stereocenters. The Morgan fingerprint density at radius 2 is 1.92 bits per heavy atom. The zero-order valence-electron chi connectivity index (χ0n) is 15.1. The highest BCUT2D eigenvalue weighted by molar-refractivity contribution is 7.11. The molecule has 1 aliphatic rings. The summed E-state index contributed by atoms with van der Waals surface area (Å²) in [6.07, 6.45) is 0. The van der Waals surface area contributed by atoms with E-state index in [-0.39, 0.29) is 18.1 Å². The first-order valence-electron chi connectivity index (χ1n) is 8.38. The molecular formula is C20H24N2O2S. The molecule has 132 valence electrons. The average molecular weight is 356 g/mol. The van der Waals surface area contributed by atoms with Crippen molar-refractivity contribution in [3.05, 3.63) is 53.2 Å². The summed E-state index contributed by atoms with van der Waals surface area (Å²) in [5.41, 5.74) is 1.85. The Labute approximate surface area is 153 Å². The topological polar surface area (TPSA) is 32.8 Å². The second-order valence-corrected chi connectivity index (χ2v) is 7.59. The number of carbonyl (C=O) groups excluding carboxylic acids is 1. The maximum absolute atomic E-state index is 13.0. The normalized spacial score (nSPS) is 20.4. The first-order chi connectivity index (χ1) is 12.0. The Bertz CT molecular complexity index is 753. The lowest BCUT2D eigenvalue weighted by atomic mass is 9.90. The van der Waals surface area contributed by atoms with Crippen LogP contribution < -0.4 is 9.64 Å². The smallest absolute Gasteiger partial charge is 0.325 e. The van der Waals surface area contributed by atoms with Crippen molar-refractivity contribution in [2.24, 2.45) is 5.92 Å². The van der Waals surface area contributed by atoms with Crippen LogP contribution in [0, 0.1) is 5.92 Å². The SMILES string of the molecule is C=C(c1cccs1)[C@H]1[C@H](C(C)C)N(C)C(=O)N1c1ccc(OC)cc1. The van der Waals surface area contributed by atoms with Gasteiger partial charge in [-0.25, -0.2) is 4.79 Å². The lowest BCUT2D eigenvalue weighted by molar-refractivity contribution is 0.206. The van der Waals surface area contributed by atoms with Crippen LogP contribution in [0.5, 0.6) is 5.75 Å². The summed E-state index contributed by atoms with van der Waals surface area (Å²) >= 11 is 1.66. The largest absolute Gasteiger partial charge is 0.497 e. The molecule has 1 aliphatic heterocycles. The summed E-state index contributed by atoms with van der Waals surface area (Å²) in [7, 11) is 3.52. The minimum Gasteiger partial charge on any atom is -0.497 e.